The Labute approximate surface area is 121 Å². The first-order valence-corrected chi connectivity index (χ1v) is 7.01. The summed E-state index contributed by atoms with van der Waals surface area (Å²) in [5.74, 6) is 0. The van der Waals surface area contributed by atoms with Gasteiger partial charge in [0.15, 0.2) is 0 Å². The standard InChI is InChI=1S/C10H22O4S.Na/c1-3-6-10(15(12,13)14)8-5-7-9(11)4-2;/h9-11H,3-8H2,1-2H3,(H,12,13,14);/q;+1/p-1. The molecule has 0 aromatic rings. The molecule has 2 unspecified atom stereocenters. The second kappa shape index (κ2) is 9.85. The van der Waals surface area contributed by atoms with Crippen LogP contribution in [0.5, 0.6) is 0 Å². The van der Waals surface area contributed by atoms with E-state index in [9.17, 15) is 18.1 Å². The minimum atomic E-state index is -4.16. The third kappa shape index (κ3) is 8.96. The fourth-order valence-electron chi connectivity index (χ4n) is 1.54. The van der Waals surface area contributed by atoms with E-state index >= 15 is 0 Å². The third-order valence-corrected chi connectivity index (χ3v) is 3.84. The molecule has 0 aliphatic carbocycles. The molecule has 6 heteroatoms. The van der Waals surface area contributed by atoms with Gasteiger partial charge in [0, 0.05) is 5.25 Å². The molecule has 92 valence electrons. The average Bonchev–Trinajstić information content (AvgIpc) is 2.14. The Morgan fingerprint density at radius 1 is 1.19 bits per heavy atom. The Morgan fingerprint density at radius 3 is 2.12 bits per heavy atom. The van der Waals surface area contributed by atoms with E-state index in [0.717, 1.165) is 0 Å². The zero-order valence-corrected chi connectivity index (χ0v) is 13.3. The van der Waals surface area contributed by atoms with Crippen LogP contribution in [-0.4, -0.2) is 29.4 Å². The molecule has 0 amide bonds. The van der Waals surface area contributed by atoms with Crippen LogP contribution in [0.4, 0.5) is 0 Å². The van der Waals surface area contributed by atoms with Gasteiger partial charge in [0.25, 0.3) is 0 Å². The average molecular weight is 260 g/mol. The van der Waals surface area contributed by atoms with E-state index in [1.807, 2.05) is 13.8 Å². The Hall–Kier alpha value is 0.870. The van der Waals surface area contributed by atoms with Crippen molar-refractivity contribution >= 4 is 10.1 Å². The van der Waals surface area contributed by atoms with Crippen molar-refractivity contribution in [1.82, 2.24) is 0 Å². The van der Waals surface area contributed by atoms with E-state index < -0.39 is 15.4 Å². The maximum absolute atomic E-state index is 10.8. The predicted molar refractivity (Wildman–Crippen MR) is 58.5 cm³/mol. The van der Waals surface area contributed by atoms with Crippen LogP contribution in [0.2, 0.25) is 0 Å². The van der Waals surface area contributed by atoms with Crippen molar-refractivity contribution in [2.45, 2.75) is 63.7 Å². The molecule has 0 aromatic heterocycles. The molecule has 4 nitrogen and oxygen atoms in total. The molecule has 0 aromatic carbocycles. The molecule has 0 saturated heterocycles. The molecule has 0 spiro atoms. The zero-order valence-electron chi connectivity index (χ0n) is 10.5. The molecular weight excluding hydrogens is 239 g/mol. The molecule has 0 saturated carbocycles. The van der Waals surface area contributed by atoms with E-state index in [0.29, 0.717) is 38.5 Å². The maximum Gasteiger partial charge on any atom is 1.00 e. The second-order valence-corrected chi connectivity index (χ2v) is 5.55. The summed E-state index contributed by atoms with van der Waals surface area (Å²) in [6, 6.07) is 0. The Kier molecular flexibility index (Phi) is 11.8. The van der Waals surface area contributed by atoms with Crippen molar-refractivity contribution in [3.05, 3.63) is 0 Å². The van der Waals surface area contributed by atoms with Crippen molar-refractivity contribution in [3.8, 4) is 0 Å². The van der Waals surface area contributed by atoms with E-state index in [1.165, 1.54) is 0 Å². The van der Waals surface area contributed by atoms with Crippen molar-refractivity contribution in [3.63, 3.8) is 0 Å². The Bertz CT molecular complexity index is 254. The zero-order chi connectivity index (χ0) is 11.9. The summed E-state index contributed by atoms with van der Waals surface area (Å²) in [5, 5.41) is 8.50. The fourth-order valence-corrected chi connectivity index (χ4v) is 2.52. The van der Waals surface area contributed by atoms with Gasteiger partial charge in [-0.25, -0.2) is 8.42 Å². The summed E-state index contributed by atoms with van der Waals surface area (Å²) in [6.07, 6.45) is 2.96. The predicted octanol–water partition coefficient (Wildman–Crippen LogP) is -1.35. The Balaban J connectivity index is 0. The largest absolute Gasteiger partial charge is 1.00 e. The van der Waals surface area contributed by atoms with Crippen LogP contribution in [0.15, 0.2) is 0 Å². The number of aliphatic hydroxyl groups is 1. The van der Waals surface area contributed by atoms with Crippen LogP contribution < -0.4 is 29.6 Å². The van der Waals surface area contributed by atoms with Gasteiger partial charge in [0.05, 0.1) is 16.2 Å². The van der Waals surface area contributed by atoms with E-state index in [-0.39, 0.29) is 35.7 Å². The molecule has 0 aliphatic rings. The van der Waals surface area contributed by atoms with Gasteiger partial charge in [0.2, 0.25) is 0 Å². The van der Waals surface area contributed by atoms with Crippen molar-refractivity contribution in [2.24, 2.45) is 0 Å². The SMILES string of the molecule is CCCC(CCCC(O)CC)S(=O)(=O)[O-].[Na+]. The molecule has 16 heavy (non-hydrogen) atoms. The number of hydrogen-bond donors (Lipinski definition) is 1. The molecule has 0 heterocycles. The summed E-state index contributed by atoms with van der Waals surface area (Å²) < 4.78 is 32.5. The van der Waals surface area contributed by atoms with Gasteiger partial charge in [0.1, 0.15) is 0 Å². The van der Waals surface area contributed by atoms with Gasteiger partial charge in [-0.15, -0.1) is 0 Å². The van der Waals surface area contributed by atoms with E-state index in [4.69, 9.17) is 0 Å². The van der Waals surface area contributed by atoms with Crippen LogP contribution in [0, 0.1) is 0 Å². The molecule has 0 radical (unpaired) electrons. The quantitative estimate of drug-likeness (QED) is 0.432. The smallest absolute Gasteiger partial charge is 0.748 e. The molecule has 1 N–H and O–H groups in total. The van der Waals surface area contributed by atoms with Gasteiger partial charge in [-0.3, -0.25) is 0 Å². The molecule has 0 rings (SSSR count). The van der Waals surface area contributed by atoms with Gasteiger partial charge in [-0.05, 0) is 32.1 Å². The molecule has 0 bridgehead atoms. The van der Waals surface area contributed by atoms with Gasteiger partial charge < -0.3 is 9.66 Å². The summed E-state index contributed by atoms with van der Waals surface area (Å²) in [7, 11) is -4.16. The molecule has 2 atom stereocenters. The van der Waals surface area contributed by atoms with Crippen molar-refractivity contribution < 1.29 is 47.6 Å². The van der Waals surface area contributed by atoms with Crippen LogP contribution in [0.3, 0.4) is 0 Å². The normalized spacial score (nSPS) is 15.2. The van der Waals surface area contributed by atoms with Crippen LogP contribution >= 0.6 is 0 Å². The summed E-state index contributed by atoms with van der Waals surface area (Å²) >= 11 is 0. The van der Waals surface area contributed by atoms with Crippen LogP contribution in [0.25, 0.3) is 0 Å². The first kappa shape index (κ1) is 19.2. The minimum Gasteiger partial charge on any atom is -0.748 e. The third-order valence-electron chi connectivity index (χ3n) is 2.55. The maximum atomic E-state index is 10.8. The van der Waals surface area contributed by atoms with E-state index in [1.54, 1.807) is 0 Å². The first-order valence-electron chi connectivity index (χ1n) is 5.54. The number of aliphatic hydroxyl groups excluding tert-OH is 1. The molecule has 0 fully saturated rings. The van der Waals surface area contributed by atoms with Crippen LogP contribution in [-0.2, 0) is 10.1 Å². The van der Waals surface area contributed by atoms with Crippen LogP contribution in [0.1, 0.15) is 52.4 Å². The first-order chi connectivity index (χ1) is 6.91. The Morgan fingerprint density at radius 2 is 1.75 bits per heavy atom. The summed E-state index contributed by atoms with van der Waals surface area (Å²) in [4.78, 5) is 0. The molecular formula is C10H21NaO4S. The summed E-state index contributed by atoms with van der Waals surface area (Å²) in [5.41, 5.74) is 0. The summed E-state index contributed by atoms with van der Waals surface area (Å²) in [6.45, 7) is 3.73. The van der Waals surface area contributed by atoms with Crippen molar-refractivity contribution in [1.29, 1.82) is 0 Å². The van der Waals surface area contributed by atoms with Crippen molar-refractivity contribution in [2.75, 3.05) is 0 Å². The second-order valence-electron chi connectivity index (χ2n) is 3.90. The topological polar surface area (TPSA) is 77.4 Å². The fraction of sp³-hybridized carbons (Fsp3) is 1.00. The van der Waals surface area contributed by atoms with E-state index in [2.05, 4.69) is 0 Å². The monoisotopic (exact) mass is 260 g/mol. The number of hydrogen-bond acceptors (Lipinski definition) is 4. The molecule has 0 aliphatic heterocycles. The van der Waals surface area contributed by atoms with Gasteiger partial charge in [-0.2, -0.15) is 0 Å². The number of rotatable bonds is 8. The minimum absolute atomic E-state index is 0. The van der Waals surface area contributed by atoms with Gasteiger partial charge >= 0.3 is 29.6 Å². The van der Waals surface area contributed by atoms with Gasteiger partial charge in [-0.1, -0.05) is 20.3 Å².